The lowest BCUT2D eigenvalue weighted by molar-refractivity contribution is -0.137. The number of rotatable bonds is 6. The average molecular weight is 581 g/mol. The number of sulfonamides is 1. The molecule has 1 atom stereocenters. The Hall–Kier alpha value is -3.78. The minimum atomic E-state index is -4.85. The number of hydrogen-bond acceptors (Lipinski definition) is 8. The highest BCUT2D eigenvalue weighted by atomic mass is 32.2. The maximum Gasteiger partial charge on any atom is 0.418 e. The van der Waals surface area contributed by atoms with Crippen molar-refractivity contribution in [2.45, 2.75) is 25.1 Å². The number of aromatic nitrogens is 2. The summed E-state index contributed by atoms with van der Waals surface area (Å²) in [4.78, 5) is 15.5. The lowest BCUT2D eigenvalue weighted by atomic mass is 10.0. The fraction of sp³-hybridized carbons (Fsp3) is 0.385. The van der Waals surface area contributed by atoms with Gasteiger partial charge in [0, 0.05) is 42.5 Å². The summed E-state index contributed by atoms with van der Waals surface area (Å²) in [6.45, 7) is 0.560. The topological polar surface area (TPSA) is 114 Å². The van der Waals surface area contributed by atoms with Crippen LogP contribution in [0, 0.1) is 0 Å². The summed E-state index contributed by atoms with van der Waals surface area (Å²) in [5.74, 6) is 0.734. The molecule has 10 nitrogen and oxygen atoms in total. The molecule has 1 aromatic heterocycles. The number of alkyl halides is 3. The summed E-state index contributed by atoms with van der Waals surface area (Å²) in [7, 11) is -1.08. The third-order valence-electron chi connectivity index (χ3n) is 7.05. The van der Waals surface area contributed by atoms with Crippen LogP contribution in [0.15, 0.2) is 41.2 Å². The van der Waals surface area contributed by atoms with Gasteiger partial charge in [-0.2, -0.15) is 23.0 Å². The highest BCUT2D eigenvalue weighted by Gasteiger charge is 2.38. The third-order valence-corrected chi connectivity index (χ3v) is 8.22. The molecule has 0 spiro atoms. The fourth-order valence-electron chi connectivity index (χ4n) is 5.15. The summed E-state index contributed by atoms with van der Waals surface area (Å²) < 4.78 is 80.3. The molecule has 1 N–H and O–H groups in total. The summed E-state index contributed by atoms with van der Waals surface area (Å²) in [6, 6.07) is 8.08. The average Bonchev–Trinajstić information content (AvgIpc) is 3.55. The first kappa shape index (κ1) is 27.8. The van der Waals surface area contributed by atoms with Crippen molar-refractivity contribution in [2.75, 3.05) is 49.3 Å². The van der Waals surface area contributed by atoms with Crippen molar-refractivity contribution in [1.82, 2.24) is 9.78 Å². The molecule has 1 saturated heterocycles. The zero-order valence-electron chi connectivity index (χ0n) is 21.9. The Morgan fingerprint density at radius 1 is 1.05 bits per heavy atom. The number of β-amino-alcohol motifs (C(OH)–C–C–N with tert-alkyl or cyclic N) is 1. The molecule has 2 aliphatic heterocycles. The van der Waals surface area contributed by atoms with Crippen molar-refractivity contribution in [1.29, 1.82) is 0 Å². The number of ether oxygens (including phenoxy) is 2. The predicted octanol–water partition coefficient (Wildman–Crippen LogP) is 2.83. The van der Waals surface area contributed by atoms with Crippen LogP contribution in [0.5, 0.6) is 11.5 Å². The maximum absolute atomic E-state index is 14.3. The van der Waals surface area contributed by atoms with Crippen LogP contribution in [0.3, 0.4) is 0 Å². The van der Waals surface area contributed by atoms with Gasteiger partial charge < -0.3 is 19.5 Å². The van der Waals surface area contributed by atoms with Crippen molar-refractivity contribution in [3.05, 3.63) is 57.9 Å². The molecule has 3 aromatic rings. The third kappa shape index (κ3) is 4.96. The summed E-state index contributed by atoms with van der Waals surface area (Å²) >= 11 is 0. The molecule has 2 aromatic carbocycles. The standard InChI is InChI=1S/C26H27F3N4O6S/c1-38-18-10-15(11-19(13-18)39-2)23-20-7-9-32(40(3,36)37)24(20)25(35)33(30-23)22-12-16(31-8-6-17(34)14-31)4-5-21(22)26(27,28)29/h4-5,10-13,17,34H,6-9,14H2,1-3H3. The van der Waals surface area contributed by atoms with Crippen LogP contribution in [-0.2, 0) is 22.6 Å². The predicted molar refractivity (Wildman–Crippen MR) is 142 cm³/mol. The number of hydrogen-bond donors (Lipinski definition) is 1. The van der Waals surface area contributed by atoms with Gasteiger partial charge in [-0.1, -0.05) is 0 Å². The van der Waals surface area contributed by atoms with Crippen LogP contribution in [0.25, 0.3) is 16.9 Å². The minimum absolute atomic E-state index is 0.0684. The Kier molecular flexibility index (Phi) is 6.94. The van der Waals surface area contributed by atoms with E-state index in [2.05, 4.69) is 5.10 Å². The number of fused-ring (bicyclic) bond motifs is 1. The van der Waals surface area contributed by atoms with E-state index in [1.165, 1.54) is 26.4 Å². The van der Waals surface area contributed by atoms with Gasteiger partial charge in [-0.25, -0.2) is 8.42 Å². The molecule has 0 bridgehead atoms. The van der Waals surface area contributed by atoms with Crippen LogP contribution >= 0.6 is 0 Å². The molecule has 214 valence electrons. The molecule has 1 fully saturated rings. The Morgan fingerprint density at radius 3 is 2.27 bits per heavy atom. The molecule has 14 heteroatoms. The summed E-state index contributed by atoms with van der Waals surface area (Å²) in [5.41, 5.74) is -1.81. The van der Waals surface area contributed by atoms with E-state index < -0.39 is 39.1 Å². The van der Waals surface area contributed by atoms with Gasteiger partial charge in [0.15, 0.2) is 0 Å². The van der Waals surface area contributed by atoms with E-state index >= 15 is 0 Å². The first-order valence-electron chi connectivity index (χ1n) is 12.3. The van der Waals surface area contributed by atoms with Crippen LogP contribution in [-0.4, -0.2) is 69.5 Å². The molecule has 0 saturated carbocycles. The highest BCUT2D eigenvalue weighted by Crippen LogP contribution is 2.40. The van der Waals surface area contributed by atoms with E-state index in [0.717, 1.165) is 16.6 Å². The number of aliphatic hydroxyl groups is 1. The van der Waals surface area contributed by atoms with Crippen molar-refractivity contribution in [3.8, 4) is 28.4 Å². The van der Waals surface area contributed by atoms with E-state index in [0.29, 0.717) is 40.4 Å². The molecule has 1 unspecified atom stereocenters. The first-order valence-corrected chi connectivity index (χ1v) is 14.2. The molecule has 2 aliphatic rings. The van der Waals surface area contributed by atoms with Crippen LogP contribution < -0.4 is 24.2 Å². The second kappa shape index (κ2) is 10.0. The van der Waals surface area contributed by atoms with E-state index in [9.17, 15) is 31.5 Å². The summed E-state index contributed by atoms with van der Waals surface area (Å²) in [5, 5.41) is 14.4. The largest absolute Gasteiger partial charge is 0.497 e. The number of anilines is 2. The molecular formula is C26H27F3N4O6S. The lowest BCUT2D eigenvalue weighted by Gasteiger charge is -2.23. The molecule has 3 heterocycles. The van der Waals surface area contributed by atoms with E-state index in [4.69, 9.17) is 9.47 Å². The monoisotopic (exact) mass is 580 g/mol. The first-order chi connectivity index (χ1) is 18.8. The Labute approximate surface area is 228 Å². The molecular weight excluding hydrogens is 553 g/mol. The van der Waals surface area contributed by atoms with Gasteiger partial charge in [0.2, 0.25) is 10.0 Å². The van der Waals surface area contributed by atoms with Crippen molar-refractivity contribution >= 4 is 21.4 Å². The zero-order valence-corrected chi connectivity index (χ0v) is 22.7. The van der Waals surface area contributed by atoms with Gasteiger partial charge in [0.05, 0.1) is 43.5 Å². The Balaban J connectivity index is 1.83. The van der Waals surface area contributed by atoms with Gasteiger partial charge in [-0.3, -0.25) is 9.10 Å². The fourth-order valence-corrected chi connectivity index (χ4v) is 6.09. The van der Waals surface area contributed by atoms with Crippen molar-refractivity contribution in [3.63, 3.8) is 0 Å². The van der Waals surface area contributed by atoms with Gasteiger partial charge >= 0.3 is 6.18 Å². The van der Waals surface area contributed by atoms with Crippen LogP contribution in [0.4, 0.5) is 24.5 Å². The Morgan fingerprint density at radius 2 is 1.73 bits per heavy atom. The van der Waals surface area contributed by atoms with Gasteiger partial charge in [0.1, 0.15) is 17.2 Å². The maximum atomic E-state index is 14.3. The minimum Gasteiger partial charge on any atom is -0.497 e. The number of halogens is 3. The second-order valence-electron chi connectivity index (χ2n) is 9.67. The van der Waals surface area contributed by atoms with E-state index in [1.807, 2.05) is 0 Å². The lowest BCUT2D eigenvalue weighted by Crippen LogP contribution is -2.35. The Bertz CT molecular complexity index is 1620. The molecule has 5 rings (SSSR count). The molecule has 40 heavy (non-hydrogen) atoms. The SMILES string of the molecule is COc1cc(OC)cc(-c2nn(-c3cc(N4CCC(O)C4)ccc3C(F)(F)F)c(=O)c3c2CCN3S(C)(=O)=O)c1. The van der Waals surface area contributed by atoms with Crippen molar-refractivity contribution < 1.29 is 36.2 Å². The normalized spacial score (nSPS) is 17.3. The second-order valence-corrected chi connectivity index (χ2v) is 11.6. The van der Waals surface area contributed by atoms with E-state index in [1.54, 1.807) is 23.1 Å². The number of methoxy groups -OCH3 is 2. The molecule has 0 amide bonds. The van der Waals surface area contributed by atoms with Gasteiger partial charge in [-0.15, -0.1) is 0 Å². The molecule has 0 radical (unpaired) electrons. The van der Waals surface area contributed by atoms with Crippen LogP contribution in [0.2, 0.25) is 0 Å². The van der Waals surface area contributed by atoms with Crippen LogP contribution in [0.1, 0.15) is 17.5 Å². The van der Waals surface area contributed by atoms with Gasteiger partial charge in [0.25, 0.3) is 5.56 Å². The number of aliphatic hydroxyl groups excluding tert-OH is 1. The molecule has 0 aliphatic carbocycles. The zero-order chi connectivity index (χ0) is 29.0. The number of nitrogens with zero attached hydrogens (tertiary/aromatic N) is 4. The van der Waals surface area contributed by atoms with Gasteiger partial charge in [-0.05, 0) is 43.2 Å². The quantitative estimate of drug-likeness (QED) is 0.474. The van der Waals surface area contributed by atoms with Crippen molar-refractivity contribution in [2.24, 2.45) is 0 Å². The highest BCUT2D eigenvalue weighted by molar-refractivity contribution is 7.92. The smallest absolute Gasteiger partial charge is 0.418 e. The number of benzene rings is 2. The van der Waals surface area contributed by atoms with E-state index in [-0.39, 0.29) is 36.5 Å². The summed E-state index contributed by atoms with van der Waals surface area (Å²) in [6.07, 6.45) is -3.99.